The van der Waals surface area contributed by atoms with Gasteiger partial charge < -0.3 is 15.4 Å². The lowest BCUT2D eigenvalue weighted by Crippen LogP contribution is -2.60. The zero-order valence-electron chi connectivity index (χ0n) is 14.9. The summed E-state index contributed by atoms with van der Waals surface area (Å²) >= 11 is 0. The van der Waals surface area contributed by atoms with Gasteiger partial charge in [0.15, 0.2) is 0 Å². The van der Waals surface area contributed by atoms with Gasteiger partial charge in [-0.1, -0.05) is 6.58 Å². The summed E-state index contributed by atoms with van der Waals surface area (Å²) in [5.41, 5.74) is 0.560. The molecule has 3 rings (SSSR count). The van der Waals surface area contributed by atoms with Crippen molar-refractivity contribution in [1.82, 2.24) is 9.62 Å². The van der Waals surface area contributed by atoms with Crippen LogP contribution in [0.2, 0.25) is 0 Å². The molecule has 0 atom stereocenters. The van der Waals surface area contributed by atoms with Gasteiger partial charge in [0.2, 0.25) is 21.8 Å². The minimum absolute atomic E-state index is 0.0718. The third kappa shape index (κ3) is 4.55. The highest BCUT2D eigenvalue weighted by Gasteiger charge is 2.37. The number of carbonyl (C=O) groups is 2. The molecule has 0 saturated carbocycles. The lowest BCUT2D eigenvalue weighted by molar-refractivity contribution is -0.122. The Morgan fingerprint density at radius 3 is 2.37 bits per heavy atom. The van der Waals surface area contributed by atoms with Crippen molar-refractivity contribution in [3.8, 4) is 0 Å². The van der Waals surface area contributed by atoms with Crippen LogP contribution in [0.4, 0.5) is 5.69 Å². The molecular weight excluding hydrogens is 370 g/mol. The van der Waals surface area contributed by atoms with E-state index in [2.05, 4.69) is 17.2 Å². The minimum atomic E-state index is -3.62. The summed E-state index contributed by atoms with van der Waals surface area (Å²) in [5, 5.41) is 5.48. The van der Waals surface area contributed by atoms with E-state index in [1.165, 1.54) is 16.4 Å². The van der Waals surface area contributed by atoms with Gasteiger partial charge in [-0.2, -0.15) is 4.31 Å². The first kappa shape index (κ1) is 19.5. The fourth-order valence-corrected chi connectivity index (χ4v) is 4.58. The van der Waals surface area contributed by atoms with E-state index in [1.54, 1.807) is 12.1 Å². The summed E-state index contributed by atoms with van der Waals surface area (Å²) in [6, 6.07) is 5.92. The Labute approximate surface area is 158 Å². The van der Waals surface area contributed by atoms with Gasteiger partial charge in [-0.15, -0.1) is 0 Å². The van der Waals surface area contributed by atoms with Crippen LogP contribution in [-0.2, 0) is 24.3 Å². The van der Waals surface area contributed by atoms with Crippen LogP contribution in [0, 0.1) is 5.92 Å². The summed E-state index contributed by atoms with van der Waals surface area (Å²) < 4.78 is 31.7. The molecule has 0 bridgehead atoms. The van der Waals surface area contributed by atoms with Gasteiger partial charge in [0.1, 0.15) is 0 Å². The maximum atomic E-state index is 12.6. The van der Waals surface area contributed by atoms with Crippen LogP contribution in [0.15, 0.2) is 41.8 Å². The molecule has 1 aromatic rings. The first-order chi connectivity index (χ1) is 12.9. The molecule has 2 heterocycles. The van der Waals surface area contributed by atoms with Crippen LogP contribution in [0.25, 0.3) is 0 Å². The fraction of sp³-hybridized carbons (Fsp3) is 0.444. The number of rotatable bonds is 6. The Morgan fingerprint density at radius 2 is 1.78 bits per heavy atom. The van der Waals surface area contributed by atoms with Crippen LogP contribution in [0.5, 0.6) is 0 Å². The van der Waals surface area contributed by atoms with E-state index in [9.17, 15) is 18.0 Å². The molecule has 2 saturated heterocycles. The topological polar surface area (TPSA) is 105 Å². The highest BCUT2D eigenvalue weighted by molar-refractivity contribution is 7.89. The normalized spacial score (nSPS) is 19.1. The first-order valence-corrected chi connectivity index (χ1v) is 10.3. The van der Waals surface area contributed by atoms with Crippen molar-refractivity contribution in [2.75, 3.05) is 31.6 Å². The monoisotopic (exact) mass is 393 g/mol. The number of nitrogens with one attached hydrogen (secondary N) is 2. The van der Waals surface area contributed by atoms with Crippen LogP contribution >= 0.6 is 0 Å². The lowest BCUT2D eigenvalue weighted by Gasteiger charge is -2.38. The van der Waals surface area contributed by atoms with Crippen molar-refractivity contribution < 1.29 is 22.7 Å². The number of hydrogen-bond donors (Lipinski definition) is 2. The van der Waals surface area contributed by atoms with Gasteiger partial charge in [-0.05, 0) is 43.2 Å². The Kier molecular flexibility index (Phi) is 5.93. The molecule has 27 heavy (non-hydrogen) atoms. The smallest absolute Gasteiger partial charge is 0.243 e. The molecule has 9 heteroatoms. The molecule has 0 unspecified atom stereocenters. The molecule has 8 nitrogen and oxygen atoms in total. The molecule has 0 radical (unpaired) electrons. The van der Waals surface area contributed by atoms with E-state index in [1.807, 2.05) is 0 Å². The Balaban J connectivity index is 1.57. The van der Waals surface area contributed by atoms with Crippen LogP contribution in [0.1, 0.15) is 12.8 Å². The molecule has 2 fully saturated rings. The van der Waals surface area contributed by atoms with Gasteiger partial charge in [-0.3, -0.25) is 9.59 Å². The Bertz CT molecular complexity index is 810. The van der Waals surface area contributed by atoms with E-state index >= 15 is 0 Å². The second-order valence-electron chi connectivity index (χ2n) is 6.63. The molecule has 2 amide bonds. The van der Waals surface area contributed by atoms with Crippen LogP contribution in [-0.4, -0.2) is 56.9 Å². The van der Waals surface area contributed by atoms with Crippen molar-refractivity contribution in [2.24, 2.45) is 5.92 Å². The van der Waals surface area contributed by atoms with Crippen LogP contribution in [0.3, 0.4) is 0 Å². The van der Waals surface area contributed by atoms with Crippen molar-refractivity contribution in [3.05, 3.63) is 36.9 Å². The van der Waals surface area contributed by atoms with Crippen molar-refractivity contribution in [3.63, 3.8) is 0 Å². The molecular formula is C18H23N3O5S. The van der Waals surface area contributed by atoms with Crippen molar-refractivity contribution in [1.29, 1.82) is 0 Å². The number of anilines is 1. The van der Waals surface area contributed by atoms with E-state index in [-0.39, 0.29) is 41.8 Å². The van der Waals surface area contributed by atoms with Crippen LogP contribution < -0.4 is 10.6 Å². The zero-order chi connectivity index (χ0) is 19.4. The summed E-state index contributed by atoms with van der Waals surface area (Å²) in [4.78, 5) is 23.6. The largest absolute Gasteiger partial charge is 0.381 e. The number of hydrogen-bond acceptors (Lipinski definition) is 5. The molecule has 0 aliphatic carbocycles. The molecule has 146 valence electrons. The molecule has 1 aromatic carbocycles. The van der Waals surface area contributed by atoms with Crippen molar-refractivity contribution >= 4 is 27.5 Å². The fourth-order valence-electron chi connectivity index (χ4n) is 3.05. The Hall–Kier alpha value is -2.23. The predicted octanol–water partition coefficient (Wildman–Crippen LogP) is 0.727. The lowest BCUT2D eigenvalue weighted by atomic mass is 9.99. The second kappa shape index (κ2) is 8.20. The summed E-state index contributed by atoms with van der Waals surface area (Å²) in [5.74, 6) is -0.468. The maximum absolute atomic E-state index is 12.6. The van der Waals surface area contributed by atoms with Gasteiger partial charge in [0.05, 0.1) is 10.9 Å². The molecule has 0 aromatic heterocycles. The number of nitrogens with zero attached hydrogens (tertiary/aromatic N) is 1. The summed E-state index contributed by atoms with van der Waals surface area (Å²) in [7, 11) is -3.62. The molecule has 2 aliphatic heterocycles. The summed E-state index contributed by atoms with van der Waals surface area (Å²) in [6.07, 6.45) is 2.54. The number of benzene rings is 1. The van der Waals surface area contributed by atoms with Gasteiger partial charge in [-0.25, -0.2) is 8.42 Å². The Morgan fingerprint density at radius 1 is 1.15 bits per heavy atom. The predicted molar refractivity (Wildman–Crippen MR) is 99.5 cm³/mol. The number of sulfonamides is 1. The molecule has 0 spiro atoms. The summed E-state index contributed by atoms with van der Waals surface area (Å²) in [6.45, 7) is 4.98. The average Bonchev–Trinajstić information content (AvgIpc) is 2.65. The number of amides is 2. The van der Waals surface area contributed by atoms with E-state index in [0.717, 1.165) is 6.08 Å². The van der Waals surface area contributed by atoms with Gasteiger partial charge in [0, 0.05) is 37.9 Å². The molecule has 2 aliphatic rings. The van der Waals surface area contributed by atoms with E-state index in [4.69, 9.17) is 4.74 Å². The second-order valence-corrected chi connectivity index (χ2v) is 8.57. The van der Waals surface area contributed by atoms with Crippen molar-refractivity contribution in [2.45, 2.75) is 23.8 Å². The average molecular weight is 393 g/mol. The van der Waals surface area contributed by atoms with Gasteiger partial charge in [0.25, 0.3) is 0 Å². The highest BCUT2D eigenvalue weighted by atomic mass is 32.2. The SMILES string of the molecule is C=CC(=O)NC1CN(S(=O)(=O)c2ccc(NC(=O)C3CCOCC3)cc2)C1. The quantitative estimate of drug-likeness (QED) is 0.693. The third-order valence-corrected chi connectivity index (χ3v) is 6.58. The highest BCUT2D eigenvalue weighted by Crippen LogP contribution is 2.24. The maximum Gasteiger partial charge on any atom is 0.243 e. The minimum Gasteiger partial charge on any atom is -0.381 e. The first-order valence-electron chi connectivity index (χ1n) is 8.82. The third-order valence-electron chi connectivity index (χ3n) is 4.73. The number of carbonyl (C=O) groups excluding carboxylic acids is 2. The van der Waals surface area contributed by atoms with E-state index in [0.29, 0.717) is 31.7 Å². The van der Waals surface area contributed by atoms with Gasteiger partial charge >= 0.3 is 0 Å². The van der Waals surface area contributed by atoms with E-state index < -0.39 is 10.0 Å². The zero-order valence-corrected chi connectivity index (χ0v) is 15.7. The standard InChI is InChI=1S/C18H23N3O5S/c1-2-17(22)19-15-11-21(12-15)27(24,25)16-5-3-14(4-6-16)20-18(23)13-7-9-26-10-8-13/h2-6,13,15H,1,7-12H2,(H,19,22)(H,20,23). The molecule has 2 N–H and O–H groups in total. The number of ether oxygens (including phenoxy) is 1.